The van der Waals surface area contributed by atoms with Crippen molar-refractivity contribution in [2.24, 2.45) is 0 Å². The van der Waals surface area contributed by atoms with Crippen molar-refractivity contribution in [3.8, 4) is 0 Å². The molecule has 21 heavy (non-hydrogen) atoms. The van der Waals surface area contributed by atoms with Gasteiger partial charge in [0.05, 0.1) is 4.92 Å². The first-order valence-electron chi connectivity index (χ1n) is 6.35. The van der Waals surface area contributed by atoms with E-state index in [2.05, 4.69) is 15.6 Å². The highest BCUT2D eigenvalue weighted by atomic mass is 16.6. The topological polar surface area (TPSA) is 134 Å². The van der Waals surface area contributed by atoms with Crippen molar-refractivity contribution in [1.82, 2.24) is 10.3 Å². The smallest absolute Gasteiger partial charge is 0.354 e. The lowest BCUT2D eigenvalue weighted by molar-refractivity contribution is -0.384. The number of carboxylic acids is 1. The number of hydrogen-bond acceptors (Lipinski definition) is 6. The van der Waals surface area contributed by atoms with Gasteiger partial charge in [-0.3, -0.25) is 14.9 Å². The Hall–Kier alpha value is -2.71. The zero-order valence-electron chi connectivity index (χ0n) is 11.5. The van der Waals surface area contributed by atoms with E-state index in [1.165, 1.54) is 0 Å². The molecule has 0 aliphatic heterocycles. The van der Waals surface area contributed by atoms with Gasteiger partial charge in [0, 0.05) is 25.6 Å². The average molecular weight is 296 g/mol. The molecule has 0 fully saturated rings. The van der Waals surface area contributed by atoms with Crippen LogP contribution in [-0.2, 0) is 4.79 Å². The average Bonchev–Trinajstić information content (AvgIpc) is 2.44. The highest BCUT2D eigenvalue weighted by Crippen LogP contribution is 2.21. The fraction of sp³-hybridized carbons (Fsp3) is 0.417. The van der Waals surface area contributed by atoms with Gasteiger partial charge in [-0.15, -0.1) is 0 Å². The van der Waals surface area contributed by atoms with Crippen LogP contribution in [0, 0.1) is 10.1 Å². The zero-order valence-corrected chi connectivity index (χ0v) is 11.5. The monoisotopic (exact) mass is 296 g/mol. The van der Waals surface area contributed by atoms with Crippen LogP contribution in [0.1, 0.15) is 30.3 Å². The molecule has 0 atom stereocenters. The minimum Gasteiger partial charge on any atom is -0.477 e. The maximum absolute atomic E-state index is 11.4. The minimum absolute atomic E-state index is 0.107. The molecule has 114 valence electrons. The van der Waals surface area contributed by atoms with Crippen LogP contribution in [0.3, 0.4) is 0 Å². The van der Waals surface area contributed by atoms with E-state index < -0.39 is 10.9 Å². The molecule has 1 heterocycles. The lowest BCUT2D eigenvalue weighted by atomic mass is 10.3. The number of nitrogens with zero attached hydrogens (tertiary/aromatic N) is 2. The molecule has 0 unspecified atom stereocenters. The molecule has 0 radical (unpaired) electrons. The summed E-state index contributed by atoms with van der Waals surface area (Å²) in [7, 11) is 0. The van der Waals surface area contributed by atoms with E-state index >= 15 is 0 Å². The number of hydrogen-bond donors (Lipinski definition) is 3. The van der Waals surface area contributed by atoms with Gasteiger partial charge in [-0.2, -0.15) is 0 Å². The van der Waals surface area contributed by atoms with Crippen molar-refractivity contribution in [2.45, 2.75) is 19.8 Å². The summed E-state index contributed by atoms with van der Waals surface area (Å²) in [6, 6.07) is 2.12. The number of carbonyl (C=O) groups excluding carboxylic acids is 1. The van der Waals surface area contributed by atoms with Crippen molar-refractivity contribution >= 4 is 23.4 Å². The van der Waals surface area contributed by atoms with Crippen LogP contribution in [0.25, 0.3) is 0 Å². The molecular weight excluding hydrogens is 280 g/mol. The maximum atomic E-state index is 11.4. The number of carboxylic acid groups (broad SMARTS) is 1. The molecule has 0 saturated heterocycles. The Morgan fingerprint density at radius 3 is 2.67 bits per heavy atom. The number of pyridine rings is 1. The zero-order chi connectivity index (χ0) is 15.8. The molecular formula is C12H16N4O5. The molecule has 0 bridgehead atoms. The first kappa shape index (κ1) is 16.3. The van der Waals surface area contributed by atoms with E-state index in [0.29, 0.717) is 6.54 Å². The summed E-state index contributed by atoms with van der Waals surface area (Å²) in [5, 5.41) is 24.9. The molecule has 1 aromatic heterocycles. The highest BCUT2D eigenvalue weighted by Gasteiger charge is 2.18. The molecule has 9 nitrogen and oxygen atoms in total. The molecule has 1 aromatic rings. The minimum atomic E-state index is -1.28. The third kappa shape index (κ3) is 5.05. The number of rotatable bonds is 8. The van der Waals surface area contributed by atoms with Crippen LogP contribution in [0.5, 0.6) is 0 Å². The fourth-order valence-electron chi connectivity index (χ4n) is 1.50. The van der Waals surface area contributed by atoms with Crippen LogP contribution in [0.2, 0.25) is 0 Å². The molecule has 0 spiro atoms. The number of carbonyl (C=O) groups is 2. The first-order valence-corrected chi connectivity index (χ1v) is 6.35. The predicted molar refractivity (Wildman–Crippen MR) is 74.3 cm³/mol. The summed E-state index contributed by atoms with van der Waals surface area (Å²) in [6.45, 7) is 2.60. The van der Waals surface area contributed by atoms with Crippen LogP contribution >= 0.6 is 0 Å². The van der Waals surface area contributed by atoms with Crippen molar-refractivity contribution < 1.29 is 19.6 Å². The van der Waals surface area contributed by atoms with E-state index in [4.69, 9.17) is 5.11 Å². The largest absolute Gasteiger partial charge is 0.477 e. The van der Waals surface area contributed by atoms with Gasteiger partial charge in [-0.25, -0.2) is 9.78 Å². The molecule has 0 aromatic carbocycles. The van der Waals surface area contributed by atoms with Crippen molar-refractivity contribution in [3.63, 3.8) is 0 Å². The van der Waals surface area contributed by atoms with E-state index in [1.807, 2.05) is 6.92 Å². The van der Waals surface area contributed by atoms with Crippen LogP contribution < -0.4 is 10.6 Å². The quantitative estimate of drug-likeness (QED) is 0.481. The Bertz CT molecular complexity index is 546. The Morgan fingerprint density at radius 2 is 2.10 bits per heavy atom. The second-order valence-corrected chi connectivity index (χ2v) is 4.15. The van der Waals surface area contributed by atoms with Gasteiger partial charge >= 0.3 is 11.7 Å². The van der Waals surface area contributed by atoms with Crippen LogP contribution in [0.4, 0.5) is 11.5 Å². The third-order valence-corrected chi connectivity index (χ3v) is 2.51. The lowest BCUT2D eigenvalue weighted by Crippen LogP contribution is -2.26. The first-order chi connectivity index (χ1) is 9.95. The lowest BCUT2D eigenvalue weighted by Gasteiger charge is -2.07. The summed E-state index contributed by atoms with van der Waals surface area (Å²) in [6.07, 6.45) is 0.920. The van der Waals surface area contributed by atoms with Crippen LogP contribution in [0.15, 0.2) is 12.1 Å². The SMILES string of the molecule is CCCNC(=O)CCNc1nc(C(=O)O)ccc1[N+](=O)[O-]. The van der Waals surface area contributed by atoms with E-state index in [-0.39, 0.29) is 36.1 Å². The summed E-state index contributed by atoms with van der Waals surface area (Å²) in [5.41, 5.74) is -0.646. The van der Waals surface area contributed by atoms with Gasteiger partial charge in [0.2, 0.25) is 11.7 Å². The Balaban J connectivity index is 2.71. The fourth-order valence-corrected chi connectivity index (χ4v) is 1.50. The van der Waals surface area contributed by atoms with E-state index in [1.54, 1.807) is 0 Å². The Labute approximate surface area is 120 Å². The number of aromatic carboxylic acids is 1. The molecule has 1 rings (SSSR count). The van der Waals surface area contributed by atoms with Gasteiger partial charge in [-0.1, -0.05) is 6.92 Å². The Morgan fingerprint density at radius 1 is 1.38 bits per heavy atom. The van der Waals surface area contributed by atoms with Crippen LogP contribution in [-0.4, -0.2) is 40.0 Å². The summed E-state index contributed by atoms with van der Waals surface area (Å²) < 4.78 is 0. The van der Waals surface area contributed by atoms with Gasteiger partial charge < -0.3 is 15.7 Å². The normalized spacial score (nSPS) is 9.95. The van der Waals surface area contributed by atoms with Gasteiger partial charge in [-0.05, 0) is 12.5 Å². The highest BCUT2D eigenvalue weighted by molar-refractivity contribution is 5.86. The summed E-state index contributed by atoms with van der Waals surface area (Å²) in [5.74, 6) is -1.64. The molecule has 9 heteroatoms. The van der Waals surface area contributed by atoms with Crippen molar-refractivity contribution in [1.29, 1.82) is 0 Å². The second kappa shape index (κ2) is 7.78. The van der Waals surface area contributed by atoms with Gasteiger partial charge in [0.1, 0.15) is 0 Å². The van der Waals surface area contributed by atoms with Crippen molar-refractivity contribution in [2.75, 3.05) is 18.4 Å². The predicted octanol–water partition coefficient (Wildman–Crippen LogP) is 1.02. The number of anilines is 1. The van der Waals surface area contributed by atoms with E-state index in [0.717, 1.165) is 18.6 Å². The summed E-state index contributed by atoms with van der Waals surface area (Å²) in [4.78, 5) is 36.0. The van der Waals surface area contributed by atoms with E-state index in [9.17, 15) is 19.7 Å². The molecule has 3 N–H and O–H groups in total. The Kier molecular flexibility index (Phi) is 6.05. The summed E-state index contributed by atoms with van der Waals surface area (Å²) >= 11 is 0. The molecule has 0 aliphatic rings. The third-order valence-electron chi connectivity index (χ3n) is 2.51. The molecule has 0 aliphatic carbocycles. The number of nitro groups is 1. The number of amides is 1. The number of nitrogens with one attached hydrogen (secondary N) is 2. The second-order valence-electron chi connectivity index (χ2n) is 4.15. The standard InChI is InChI=1S/C12H16N4O5/c1-2-6-13-10(17)5-7-14-11-9(16(20)21)4-3-8(15-11)12(18)19/h3-4H,2,5-7H2,1H3,(H,13,17)(H,14,15)(H,18,19). The van der Waals surface area contributed by atoms with Crippen molar-refractivity contribution in [3.05, 3.63) is 27.9 Å². The molecule has 0 saturated carbocycles. The maximum Gasteiger partial charge on any atom is 0.354 e. The van der Waals surface area contributed by atoms with Gasteiger partial charge in [0.15, 0.2) is 5.69 Å². The van der Waals surface area contributed by atoms with Gasteiger partial charge in [0.25, 0.3) is 0 Å². The number of aromatic nitrogens is 1. The molecule has 1 amide bonds.